The molecule has 0 bridgehead atoms. The van der Waals surface area contributed by atoms with Gasteiger partial charge in [-0.1, -0.05) is 12.1 Å². The monoisotopic (exact) mass is 181 g/mol. The van der Waals surface area contributed by atoms with Gasteiger partial charge in [-0.05, 0) is 25.0 Å². The Morgan fingerprint density at radius 1 is 1.46 bits per heavy atom. The van der Waals surface area contributed by atoms with Gasteiger partial charge in [0.25, 0.3) is 0 Å². The number of benzene rings is 1. The van der Waals surface area contributed by atoms with E-state index in [4.69, 9.17) is 10.8 Å². The third-order valence-electron chi connectivity index (χ3n) is 2.11. The van der Waals surface area contributed by atoms with E-state index in [2.05, 4.69) is 0 Å². The lowest BCUT2D eigenvalue weighted by Gasteiger charge is -2.14. The third kappa shape index (κ3) is 2.20. The van der Waals surface area contributed by atoms with Gasteiger partial charge in [0, 0.05) is 18.2 Å². The van der Waals surface area contributed by atoms with Crippen LogP contribution in [0.15, 0.2) is 18.2 Å². The normalized spacial score (nSPS) is 12.8. The molecule has 1 rings (SSSR count). The van der Waals surface area contributed by atoms with Crippen molar-refractivity contribution in [3.63, 3.8) is 0 Å². The van der Waals surface area contributed by atoms with E-state index in [1.807, 2.05) is 13.0 Å². The van der Waals surface area contributed by atoms with Gasteiger partial charge in [0.05, 0.1) is 0 Å². The molecule has 0 aliphatic carbocycles. The Kier molecular flexibility index (Phi) is 3.28. The van der Waals surface area contributed by atoms with Crippen molar-refractivity contribution in [3.8, 4) is 5.75 Å². The highest BCUT2D eigenvalue weighted by atomic mass is 16.3. The molecule has 0 radical (unpaired) electrons. The maximum atomic E-state index is 9.53. The minimum Gasteiger partial charge on any atom is -0.508 e. The molecule has 0 aromatic heterocycles. The van der Waals surface area contributed by atoms with Gasteiger partial charge in [-0.2, -0.15) is 0 Å². The van der Waals surface area contributed by atoms with E-state index in [0.29, 0.717) is 6.42 Å². The Balaban J connectivity index is 2.98. The van der Waals surface area contributed by atoms with Gasteiger partial charge in [0.2, 0.25) is 0 Å². The molecule has 0 aliphatic rings. The van der Waals surface area contributed by atoms with Crippen molar-refractivity contribution in [2.24, 2.45) is 5.73 Å². The number of aryl methyl sites for hydroxylation is 1. The van der Waals surface area contributed by atoms with E-state index in [9.17, 15) is 5.11 Å². The summed E-state index contributed by atoms with van der Waals surface area (Å²) in [6.07, 6.45) is 0.471. The smallest absolute Gasteiger partial charge is 0.120 e. The zero-order valence-electron chi connectivity index (χ0n) is 7.70. The van der Waals surface area contributed by atoms with Gasteiger partial charge < -0.3 is 15.9 Å². The van der Waals surface area contributed by atoms with Crippen molar-refractivity contribution in [3.05, 3.63) is 29.3 Å². The molecule has 0 saturated carbocycles. The molecule has 1 atom stereocenters. The van der Waals surface area contributed by atoms with E-state index in [1.54, 1.807) is 12.1 Å². The highest BCUT2D eigenvalue weighted by Gasteiger charge is 2.12. The van der Waals surface area contributed by atoms with Crippen LogP contribution in [0.25, 0.3) is 0 Å². The average Bonchev–Trinajstić information content (AvgIpc) is 2.04. The number of hydrogen-bond donors (Lipinski definition) is 3. The minimum atomic E-state index is -0.286. The molecule has 3 nitrogen and oxygen atoms in total. The number of hydrogen-bond acceptors (Lipinski definition) is 3. The summed E-state index contributed by atoms with van der Waals surface area (Å²) in [6, 6.07) is 5.00. The van der Waals surface area contributed by atoms with Gasteiger partial charge in [0.1, 0.15) is 5.75 Å². The molecule has 13 heavy (non-hydrogen) atoms. The maximum Gasteiger partial charge on any atom is 0.120 e. The predicted octanol–water partition coefficient (Wildman–Crippen LogP) is 1.08. The number of aliphatic hydroxyl groups excluding tert-OH is 1. The first-order chi connectivity index (χ1) is 6.16. The lowest BCUT2D eigenvalue weighted by atomic mass is 9.99. The van der Waals surface area contributed by atoms with Crippen LogP contribution in [0.3, 0.4) is 0 Å². The summed E-state index contributed by atoms with van der Waals surface area (Å²) in [5.74, 6) is 0.209. The highest BCUT2D eigenvalue weighted by molar-refractivity contribution is 5.40. The van der Waals surface area contributed by atoms with Crippen LogP contribution in [-0.4, -0.2) is 16.8 Å². The number of phenols is 1. The summed E-state index contributed by atoms with van der Waals surface area (Å²) in [6.45, 7) is 1.93. The van der Waals surface area contributed by atoms with Crippen molar-refractivity contribution in [2.45, 2.75) is 19.4 Å². The van der Waals surface area contributed by atoms with Crippen molar-refractivity contribution in [2.75, 3.05) is 6.61 Å². The number of rotatable bonds is 3. The number of nitrogens with two attached hydrogens (primary N) is 1. The Labute approximate surface area is 77.8 Å². The van der Waals surface area contributed by atoms with Crippen LogP contribution < -0.4 is 5.73 Å². The van der Waals surface area contributed by atoms with Crippen LogP contribution in [0.1, 0.15) is 23.6 Å². The summed E-state index contributed by atoms with van der Waals surface area (Å²) in [7, 11) is 0. The molecule has 1 aromatic carbocycles. The summed E-state index contributed by atoms with van der Waals surface area (Å²) in [4.78, 5) is 0. The van der Waals surface area contributed by atoms with Gasteiger partial charge in [-0.3, -0.25) is 0 Å². The fraction of sp³-hybridized carbons (Fsp3) is 0.400. The fourth-order valence-corrected chi connectivity index (χ4v) is 1.43. The molecule has 0 aliphatic heterocycles. The Morgan fingerprint density at radius 3 is 2.69 bits per heavy atom. The van der Waals surface area contributed by atoms with E-state index >= 15 is 0 Å². The zero-order chi connectivity index (χ0) is 9.84. The molecule has 1 unspecified atom stereocenters. The zero-order valence-corrected chi connectivity index (χ0v) is 7.70. The van der Waals surface area contributed by atoms with Crippen molar-refractivity contribution < 1.29 is 10.2 Å². The molecular weight excluding hydrogens is 166 g/mol. The maximum absolute atomic E-state index is 9.53. The first kappa shape index (κ1) is 10.0. The number of aliphatic hydroxyl groups is 1. The number of aromatic hydroxyl groups is 1. The molecule has 1 aromatic rings. The molecule has 0 saturated heterocycles. The van der Waals surface area contributed by atoms with Gasteiger partial charge >= 0.3 is 0 Å². The lowest BCUT2D eigenvalue weighted by molar-refractivity contribution is 0.275. The molecule has 4 N–H and O–H groups in total. The van der Waals surface area contributed by atoms with E-state index in [-0.39, 0.29) is 18.4 Å². The van der Waals surface area contributed by atoms with E-state index < -0.39 is 0 Å². The van der Waals surface area contributed by atoms with Crippen molar-refractivity contribution in [1.82, 2.24) is 0 Å². The Morgan fingerprint density at radius 2 is 2.15 bits per heavy atom. The van der Waals surface area contributed by atoms with Crippen LogP contribution in [0, 0.1) is 6.92 Å². The predicted molar refractivity (Wildman–Crippen MR) is 51.5 cm³/mol. The second-order valence-electron chi connectivity index (χ2n) is 3.13. The molecular formula is C10H15NO2. The summed E-state index contributed by atoms with van der Waals surface area (Å²) in [5, 5.41) is 18.2. The lowest BCUT2D eigenvalue weighted by Crippen LogP contribution is -2.13. The molecule has 0 amide bonds. The molecule has 0 fully saturated rings. The van der Waals surface area contributed by atoms with Crippen molar-refractivity contribution in [1.29, 1.82) is 0 Å². The third-order valence-corrected chi connectivity index (χ3v) is 2.11. The topological polar surface area (TPSA) is 66.5 Å². The first-order valence-electron chi connectivity index (χ1n) is 4.31. The van der Waals surface area contributed by atoms with Crippen LogP contribution in [0.4, 0.5) is 0 Å². The second kappa shape index (κ2) is 4.25. The molecule has 0 spiro atoms. The Bertz CT molecular complexity index is 266. The Hall–Kier alpha value is -1.06. The van der Waals surface area contributed by atoms with Gasteiger partial charge in [-0.25, -0.2) is 0 Å². The van der Waals surface area contributed by atoms with Crippen LogP contribution >= 0.6 is 0 Å². The van der Waals surface area contributed by atoms with E-state index in [1.165, 1.54) is 0 Å². The van der Waals surface area contributed by atoms with Crippen LogP contribution in [0.2, 0.25) is 0 Å². The SMILES string of the molecule is Cc1cccc(O)c1C(N)CCO. The molecule has 3 heteroatoms. The average molecular weight is 181 g/mol. The fourth-order valence-electron chi connectivity index (χ4n) is 1.43. The summed E-state index contributed by atoms with van der Waals surface area (Å²) < 4.78 is 0. The summed E-state index contributed by atoms with van der Waals surface area (Å²) >= 11 is 0. The standard InChI is InChI=1S/C10H15NO2/c1-7-3-2-4-9(13)10(7)8(11)5-6-12/h2-4,8,12-13H,5-6,11H2,1H3. The number of phenolic OH excluding ortho intramolecular Hbond substituents is 1. The van der Waals surface area contributed by atoms with Gasteiger partial charge in [-0.15, -0.1) is 0 Å². The highest BCUT2D eigenvalue weighted by Crippen LogP contribution is 2.27. The quantitative estimate of drug-likeness (QED) is 0.653. The van der Waals surface area contributed by atoms with E-state index in [0.717, 1.165) is 11.1 Å². The first-order valence-corrected chi connectivity index (χ1v) is 4.31. The van der Waals surface area contributed by atoms with Crippen LogP contribution in [0.5, 0.6) is 5.75 Å². The second-order valence-corrected chi connectivity index (χ2v) is 3.13. The molecule has 0 heterocycles. The largest absolute Gasteiger partial charge is 0.508 e. The minimum absolute atomic E-state index is 0.0366. The van der Waals surface area contributed by atoms with Crippen molar-refractivity contribution >= 4 is 0 Å². The van der Waals surface area contributed by atoms with Gasteiger partial charge in [0.15, 0.2) is 0 Å². The molecule has 72 valence electrons. The summed E-state index contributed by atoms with van der Waals surface area (Å²) in [5.41, 5.74) is 7.48. The van der Waals surface area contributed by atoms with Crippen LogP contribution in [-0.2, 0) is 0 Å².